The number of aromatic nitrogens is 8. The second-order valence-electron chi connectivity index (χ2n) is 4.11. The molecule has 2 heterocycles. The largest absolute Gasteiger partial charge is 0.232 e. The van der Waals surface area contributed by atoms with E-state index in [-0.39, 0.29) is 5.25 Å². The average molecular weight is 300 g/mol. The van der Waals surface area contributed by atoms with Gasteiger partial charge in [-0.05, 0) is 33.7 Å². The molecule has 0 aliphatic heterocycles. The zero-order chi connectivity index (χ0) is 13.7. The topological polar surface area (TPSA) is 87.2 Å². The van der Waals surface area contributed by atoms with E-state index >= 15 is 0 Å². The molecular weight excluding hydrogens is 284 g/mol. The van der Waals surface area contributed by atoms with E-state index in [1.54, 1.807) is 21.1 Å². The van der Waals surface area contributed by atoms with Gasteiger partial charge >= 0.3 is 0 Å². The molecule has 2 aromatic heterocycles. The molecule has 1 unspecified atom stereocenters. The van der Waals surface area contributed by atoms with E-state index in [2.05, 4.69) is 43.7 Å². The van der Waals surface area contributed by atoms with Gasteiger partial charge in [0, 0.05) is 19.8 Å². The van der Waals surface area contributed by atoms with Gasteiger partial charge in [-0.15, -0.1) is 10.2 Å². The van der Waals surface area contributed by atoms with E-state index in [1.165, 1.54) is 0 Å². The van der Waals surface area contributed by atoms with E-state index in [0.29, 0.717) is 0 Å². The Morgan fingerprint density at radius 3 is 2.47 bits per heavy atom. The average Bonchev–Trinajstić information content (AvgIpc) is 2.98. The lowest BCUT2D eigenvalue weighted by Gasteiger charge is -2.07. The van der Waals surface area contributed by atoms with E-state index in [0.717, 1.165) is 36.0 Å². The molecule has 2 aromatic rings. The molecular formula is C9H16N8S2. The molecule has 0 fully saturated rings. The number of thiol groups is 1. The van der Waals surface area contributed by atoms with Crippen LogP contribution in [0, 0.1) is 0 Å². The second-order valence-corrected chi connectivity index (χ2v) is 5.79. The van der Waals surface area contributed by atoms with Crippen molar-refractivity contribution in [3.05, 3.63) is 5.82 Å². The molecule has 0 spiro atoms. The third-order valence-electron chi connectivity index (χ3n) is 2.64. The molecule has 10 heteroatoms. The number of rotatable bonds is 7. The minimum Gasteiger partial charge on any atom is -0.232 e. The first-order valence-corrected chi connectivity index (χ1v) is 7.44. The summed E-state index contributed by atoms with van der Waals surface area (Å²) in [6.07, 6.45) is 3.11. The van der Waals surface area contributed by atoms with E-state index in [9.17, 15) is 0 Å². The zero-order valence-corrected chi connectivity index (χ0v) is 12.5. The lowest BCUT2D eigenvalue weighted by molar-refractivity contribution is 0.631. The fourth-order valence-electron chi connectivity index (χ4n) is 1.59. The van der Waals surface area contributed by atoms with Crippen LogP contribution in [0.2, 0.25) is 0 Å². The van der Waals surface area contributed by atoms with Crippen LogP contribution in [0.3, 0.4) is 0 Å². The summed E-state index contributed by atoms with van der Waals surface area (Å²) in [5.74, 6) is 1.81. The molecule has 0 aromatic carbocycles. The van der Waals surface area contributed by atoms with Crippen molar-refractivity contribution in [1.29, 1.82) is 0 Å². The summed E-state index contributed by atoms with van der Waals surface area (Å²) in [4.78, 5) is 0. The standard InChI is InChI=1S/C9H16N8S2/c1-16-8(10-12-14-16)7(18)5-3-4-6-19-9-11-13-15-17(9)2/h7,18H,3-6H2,1-2H3. The monoisotopic (exact) mass is 300 g/mol. The number of nitrogens with zero attached hydrogens (tertiary/aromatic N) is 8. The van der Waals surface area contributed by atoms with Gasteiger partial charge in [0.1, 0.15) is 0 Å². The van der Waals surface area contributed by atoms with Gasteiger partial charge in [0.2, 0.25) is 5.16 Å². The molecule has 0 aliphatic carbocycles. The molecule has 0 N–H and O–H groups in total. The van der Waals surface area contributed by atoms with Crippen LogP contribution in [0.5, 0.6) is 0 Å². The van der Waals surface area contributed by atoms with Crippen LogP contribution in [0.1, 0.15) is 30.3 Å². The highest BCUT2D eigenvalue weighted by atomic mass is 32.2. The predicted molar refractivity (Wildman–Crippen MR) is 73.9 cm³/mol. The Labute approximate surface area is 120 Å². The second kappa shape index (κ2) is 6.85. The first kappa shape index (κ1) is 14.3. The molecule has 8 nitrogen and oxygen atoms in total. The third kappa shape index (κ3) is 3.90. The fourth-order valence-corrected chi connectivity index (χ4v) is 2.84. The molecule has 0 radical (unpaired) electrons. The molecule has 0 bridgehead atoms. The number of thioether (sulfide) groups is 1. The lowest BCUT2D eigenvalue weighted by atomic mass is 10.2. The summed E-state index contributed by atoms with van der Waals surface area (Å²) in [6.45, 7) is 0. The van der Waals surface area contributed by atoms with E-state index < -0.39 is 0 Å². The van der Waals surface area contributed by atoms with Gasteiger partial charge < -0.3 is 0 Å². The highest BCUT2D eigenvalue weighted by Gasteiger charge is 2.12. The molecule has 0 aliphatic rings. The SMILES string of the molecule is Cn1nnnc1SCCCCC(S)c1nnnn1C. The summed E-state index contributed by atoms with van der Waals surface area (Å²) in [5, 5.41) is 23.6. The van der Waals surface area contributed by atoms with Gasteiger partial charge in [-0.1, -0.05) is 18.2 Å². The van der Waals surface area contributed by atoms with Crippen LogP contribution in [-0.4, -0.2) is 46.2 Å². The van der Waals surface area contributed by atoms with Crippen LogP contribution in [0.4, 0.5) is 0 Å². The minimum atomic E-state index is 0.0847. The van der Waals surface area contributed by atoms with Gasteiger partial charge in [0.25, 0.3) is 0 Å². The van der Waals surface area contributed by atoms with Crippen molar-refractivity contribution < 1.29 is 0 Å². The van der Waals surface area contributed by atoms with Crippen molar-refractivity contribution in [1.82, 2.24) is 40.4 Å². The maximum atomic E-state index is 4.53. The van der Waals surface area contributed by atoms with E-state index in [1.807, 2.05) is 14.1 Å². The van der Waals surface area contributed by atoms with Crippen molar-refractivity contribution in [2.45, 2.75) is 29.7 Å². The zero-order valence-electron chi connectivity index (χ0n) is 10.8. The van der Waals surface area contributed by atoms with Crippen LogP contribution in [0.15, 0.2) is 5.16 Å². The van der Waals surface area contributed by atoms with Gasteiger partial charge in [0.15, 0.2) is 5.82 Å². The molecule has 104 valence electrons. The number of aryl methyl sites for hydroxylation is 2. The summed E-state index contributed by atoms with van der Waals surface area (Å²) in [7, 11) is 3.67. The van der Waals surface area contributed by atoms with Gasteiger partial charge in [-0.25, -0.2) is 9.36 Å². The van der Waals surface area contributed by atoms with Gasteiger partial charge in [-0.2, -0.15) is 12.6 Å². The first-order valence-electron chi connectivity index (χ1n) is 5.94. The molecule has 0 amide bonds. The van der Waals surface area contributed by atoms with Crippen LogP contribution in [0.25, 0.3) is 0 Å². The van der Waals surface area contributed by atoms with Crippen molar-refractivity contribution >= 4 is 24.4 Å². The molecule has 0 saturated carbocycles. The van der Waals surface area contributed by atoms with Gasteiger partial charge in [-0.3, -0.25) is 0 Å². The molecule has 1 atom stereocenters. The van der Waals surface area contributed by atoms with Crippen molar-refractivity contribution in [3.8, 4) is 0 Å². The highest BCUT2D eigenvalue weighted by molar-refractivity contribution is 7.99. The van der Waals surface area contributed by atoms with Crippen LogP contribution >= 0.6 is 24.4 Å². The number of tetrazole rings is 2. The molecule has 0 saturated heterocycles. The molecule has 2 rings (SSSR count). The maximum absolute atomic E-state index is 4.53. The fraction of sp³-hybridized carbons (Fsp3) is 0.778. The Morgan fingerprint density at radius 2 is 1.84 bits per heavy atom. The first-order chi connectivity index (χ1) is 9.18. The Morgan fingerprint density at radius 1 is 1.11 bits per heavy atom. The summed E-state index contributed by atoms with van der Waals surface area (Å²) in [6, 6.07) is 0. The van der Waals surface area contributed by atoms with Gasteiger partial charge in [0.05, 0.1) is 5.25 Å². The number of hydrogen-bond donors (Lipinski definition) is 1. The lowest BCUT2D eigenvalue weighted by Crippen LogP contribution is -2.03. The van der Waals surface area contributed by atoms with Crippen molar-refractivity contribution in [2.24, 2.45) is 14.1 Å². The van der Waals surface area contributed by atoms with Crippen molar-refractivity contribution in [2.75, 3.05) is 5.75 Å². The smallest absolute Gasteiger partial charge is 0.209 e. The molecule has 19 heavy (non-hydrogen) atoms. The number of hydrogen-bond acceptors (Lipinski definition) is 8. The summed E-state index contributed by atoms with van der Waals surface area (Å²) in [5.41, 5.74) is 0. The minimum absolute atomic E-state index is 0.0847. The van der Waals surface area contributed by atoms with Crippen LogP contribution < -0.4 is 0 Å². The third-order valence-corrected chi connectivity index (χ3v) is 4.22. The predicted octanol–water partition coefficient (Wildman–Crippen LogP) is 0.667. The summed E-state index contributed by atoms with van der Waals surface area (Å²) >= 11 is 6.19. The Bertz CT molecular complexity index is 510. The highest BCUT2D eigenvalue weighted by Crippen LogP contribution is 2.24. The van der Waals surface area contributed by atoms with Crippen LogP contribution in [-0.2, 0) is 14.1 Å². The Kier molecular flexibility index (Phi) is 5.14. The van der Waals surface area contributed by atoms with E-state index in [4.69, 9.17) is 0 Å². The Hall–Kier alpha value is -1.16. The maximum Gasteiger partial charge on any atom is 0.209 e. The number of unbranched alkanes of at least 4 members (excludes halogenated alkanes) is 1. The Balaban J connectivity index is 1.65. The normalized spacial score (nSPS) is 12.8. The summed E-state index contributed by atoms with van der Waals surface area (Å²) < 4.78 is 3.34. The quantitative estimate of drug-likeness (QED) is 0.457. The van der Waals surface area contributed by atoms with Crippen molar-refractivity contribution in [3.63, 3.8) is 0 Å².